The van der Waals surface area contributed by atoms with Crippen LogP contribution < -0.4 is 4.74 Å². The highest BCUT2D eigenvalue weighted by Gasteiger charge is 2.33. The number of aromatic nitrogens is 1. The molecule has 0 saturated carbocycles. The molecule has 122 valence electrons. The molecule has 2 nitrogen and oxygen atoms in total. The zero-order chi connectivity index (χ0) is 17.1. The van der Waals surface area contributed by atoms with Crippen molar-refractivity contribution in [2.24, 2.45) is 0 Å². The molecule has 7 heteroatoms. The van der Waals surface area contributed by atoms with E-state index in [0.717, 1.165) is 12.1 Å². The van der Waals surface area contributed by atoms with Crippen LogP contribution in [0.3, 0.4) is 0 Å². The molecule has 0 fully saturated rings. The number of aryl methyl sites for hydroxylation is 1. The van der Waals surface area contributed by atoms with E-state index in [1.807, 2.05) is 13.8 Å². The molecule has 2 rings (SSSR count). The molecular formula is C15H16F5NO. The number of hydrogen-bond acceptors (Lipinski definition) is 2. The molecule has 1 heterocycles. The SMILES string of the molecule is CC.Cc1cc(C(C)(F)F)nc2c(OC(F)(F)F)cccc12. The van der Waals surface area contributed by atoms with Crippen molar-refractivity contribution in [2.45, 2.75) is 40.0 Å². The van der Waals surface area contributed by atoms with Crippen LogP contribution in [0, 0.1) is 6.92 Å². The van der Waals surface area contributed by atoms with Crippen LogP contribution in [-0.4, -0.2) is 11.3 Å². The van der Waals surface area contributed by atoms with Gasteiger partial charge < -0.3 is 4.74 Å². The lowest BCUT2D eigenvalue weighted by molar-refractivity contribution is -0.274. The van der Waals surface area contributed by atoms with Gasteiger partial charge in [0, 0.05) is 12.3 Å². The van der Waals surface area contributed by atoms with Crippen molar-refractivity contribution in [3.8, 4) is 5.75 Å². The van der Waals surface area contributed by atoms with Crippen LogP contribution in [0.1, 0.15) is 32.0 Å². The number of alkyl halides is 5. The largest absolute Gasteiger partial charge is 0.573 e. The van der Waals surface area contributed by atoms with Crippen LogP contribution in [-0.2, 0) is 5.92 Å². The number of pyridine rings is 1. The van der Waals surface area contributed by atoms with Crippen LogP contribution in [0.2, 0.25) is 0 Å². The molecule has 0 radical (unpaired) electrons. The van der Waals surface area contributed by atoms with Crippen molar-refractivity contribution in [3.05, 3.63) is 35.5 Å². The van der Waals surface area contributed by atoms with Gasteiger partial charge in [0.1, 0.15) is 11.2 Å². The van der Waals surface area contributed by atoms with Gasteiger partial charge in [-0.15, -0.1) is 13.2 Å². The Labute approximate surface area is 124 Å². The number of hydrogen-bond donors (Lipinski definition) is 0. The van der Waals surface area contributed by atoms with E-state index in [4.69, 9.17) is 0 Å². The molecule has 1 aromatic heterocycles. The van der Waals surface area contributed by atoms with E-state index in [9.17, 15) is 22.0 Å². The number of fused-ring (bicyclic) bond motifs is 1. The third-order valence-corrected chi connectivity index (χ3v) is 2.68. The van der Waals surface area contributed by atoms with Crippen molar-refractivity contribution >= 4 is 10.9 Å². The van der Waals surface area contributed by atoms with E-state index in [1.54, 1.807) is 0 Å². The van der Waals surface area contributed by atoms with E-state index < -0.39 is 23.7 Å². The number of halogens is 5. The summed E-state index contributed by atoms with van der Waals surface area (Å²) in [7, 11) is 0. The number of para-hydroxylation sites is 1. The van der Waals surface area contributed by atoms with Crippen LogP contribution in [0.4, 0.5) is 22.0 Å². The summed E-state index contributed by atoms with van der Waals surface area (Å²) in [6.07, 6.45) is -4.91. The van der Waals surface area contributed by atoms with Gasteiger partial charge in [-0.25, -0.2) is 4.98 Å². The van der Waals surface area contributed by atoms with Crippen molar-refractivity contribution < 1.29 is 26.7 Å². The van der Waals surface area contributed by atoms with Crippen molar-refractivity contribution in [3.63, 3.8) is 0 Å². The Hall–Kier alpha value is -1.92. The van der Waals surface area contributed by atoms with Gasteiger partial charge in [0.2, 0.25) is 0 Å². The smallest absolute Gasteiger partial charge is 0.403 e. The first kappa shape index (κ1) is 18.1. The second kappa shape index (κ2) is 6.46. The summed E-state index contributed by atoms with van der Waals surface area (Å²) in [6.45, 7) is 6.16. The first-order valence-electron chi connectivity index (χ1n) is 6.62. The van der Waals surface area contributed by atoms with Crippen LogP contribution in [0.5, 0.6) is 5.75 Å². The van der Waals surface area contributed by atoms with Crippen molar-refractivity contribution in [2.75, 3.05) is 0 Å². The van der Waals surface area contributed by atoms with Gasteiger partial charge in [-0.2, -0.15) is 8.78 Å². The third kappa shape index (κ3) is 4.29. The Morgan fingerprint density at radius 2 is 1.64 bits per heavy atom. The predicted octanol–water partition coefficient (Wildman–Crippen LogP) is 5.58. The first-order valence-corrected chi connectivity index (χ1v) is 6.62. The minimum atomic E-state index is -4.91. The summed E-state index contributed by atoms with van der Waals surface area (Å²) in [4.78, 5) is 3.62. The van der Waals surface area contributed by atoms with Gasteiger partial charge in [-0.3, -0.25) is 0 Å². The summed E-state index contributed by atoms with van der Waals surface area (Å²) >= 11 is 0. The average Bonchev–Trinajstić information content (AvgIpc) is 2.39. The molecule has 0 aliphatic rings. The van der Waals surface area contributed by atoms with Crippen molar-refractivity contribution in [1.29, 1.82) is 0 Å². The van der Waals surface area contributed by atoms with Gasteiger partial charge in [0.25, 0.3) is 5.92 Å². The lowest BCUT2D eigenvalue weighted by Crippen LogP contribution is -2.18. The van der Waals surface area contributed by atoms with Gasteiger partial charge in [0.05, 0.1) is 0 Å². The highest BCUT2D eigenvalue weighted by Crippen LogP contribution is 2.34. The van der Waals surface area contributed by atoms with Crippen LogP contribution in [0.25, 0.3) is 10.9 Å². The molecule has 0 aliphatic carbocycles. The van der Waals surface area contributed by atoms with E-state index in [2.05, 4.69) is 9.72 Å². The molecule has 0 saturated heterocycles. The summed E-state index contributed by atoms with van der Waals surface area (Å²) in [5.74, 6) is -3.84. The molecule has 0 spiro atoms. The highest BCUT2D eigenvalue weighted by molar-refractivity contribution is 5.87. The summed E-state index contributed by atoms with van der Waals surface area (Å²) < 4.78 is 67.4. The Bertz CT molecular complexity index is 647. The minimum absolute atomic E-state index is 0.235. The molecule has 1 aromatic carbocycles. The van der Waals surface area contributed by atoms with E-state index in [0.29, 0.717) is 17.9 Å². The average molecular weight is 321 g/mol. The molecule has 0 amide bonds. The van der Waals surface area contributed by atoms with Gasteiger partial charge in [-0.05, 0) is 24.6 Å². The number of benzene rings is 1. The van der Waals surface area contributed by atoms with Crippen LogP contribution >= 0.6 is 0 Å². The molecule has 2 aromatic rings. The molecule has 0 aliphatic heterocycles. The Morgan fingerprint density at radius 3 is 2.14 bits per heavy atom. The lowest BCUT2D eigenvalue weighted by atomic mass is 10.1. The maximum absolute atomic E-state index is 13.3. The second-order valence-corrected chi connectivity index (χ2v) is 4.41. The number of rotatable bonds is 2. The van der Waals surface area contributed by atoms with E-state index in [-0.39, 0.29) is 5.52 Å². The maximum atomic E-state index is 13.3. The third-order valence-electron chi connectivity index (χ3n) is 2.68. The summed E-state index contributed by atoms with van der Waals surface area (Å²) in [5, 5.41) is 0.333. The fraction of sp³-hybridized carbons (Fsp3) is 0.400. The fourth-order valence-electron chi connectivity index (χ4n) is 1.82. The Morgan fingerprint density at radius 1 is 1.05 bits per heavy atom. The second-order valence-electron chi connectivity index (χ2n) is 4.41. The molecular weight excluding hydrogens is 305 g/mol. The maximum Gasteiger partial charge on any atom is 0.573 e. The quantitative estimate of drug-likeness (QED) is 0.674. The first-order chi connectivity index (χ1) is 10.1. The molecule has 0 bridgehead atoms. The molecule has 22 heavy (non-hydrogen) atoms. The number of nitrogens with zero attached hydrogens (tertiary/aromatic N) is 1. The highest BCUT2D eigenvalue weighted by atomic mass is 19.4. The lowest BCUT2D eigenvalue weighted by Gasteiger charge is -2.15. The van der Waals surface area contributed by atoms with E-state index in [1.165, 1.54) is 19.1 Å². The zero-order valence-electron chi connectivity index (χ0n) is 12.6. The zero-order valence-corrected chi connectivity index (χ0v) is 12.6. The topological polar surface area (TPSA) is 22.1 Å². The van der Waals surface area contributed by atoms with E-state index >= 15 is 0 Å². The minimum Gasteiger partial charge on any atom is -0.403 e. The molecule has 0 unspecified atom stereocenters. The molecule has 0 N–H and O–H groups in total. The summed E-state index contributed by atoms with van der Waals surface area (Å²) in [5.41, 5.74) is -0.429. The number of ether oxygens (including phenoxy) is 1. The fourth-order valence-corrected chi connectivity index (χ4v) is 1.82. The summed E-state index contributed by atoms with van der Waals surface area (Å²) in [6, 6.07) is 5.04. The Kier molecular flexibility index (Phi) is 5.32. The van der Waals surface area contributed by atoms with Crippen LogP contribution in [0.15, 0.2) is 24.3 Å². The van der Waals surface area contributed by atoms with Crippen molar-refractivity contribution in [1.82, 2.24) is 4.98 Å². The standard InChI is InChI=1S/C13H10F5NO.C2H6/c1-7-6-10(12(2,14)15)19-11-8(7)4-3-5-9(11)20-13(16,17)18;1-2/h3-6H,1-2H3;1-2H3. The normalized spacial score (nSPS) is 11.9. The van der Waals surface area contributed by atoms with Gasteiger partial charge in [-0.1, -0.05) is 26.0 Å². The monoisotopic (exact) mass is 321 g/mol. The Balaban J connectivity index is 0.00000116. The van der Waals surface area contributed by atoms with Gasteiger partial charge >= 0.3 is 6.36 Å². The van der Waals surface area contributed by atoms with Gasteiger partial charge in [0.15, 0.2) is 5.75 Å². The molecule has 0 atom stereocenters. The predicted molar refractivity (Wildman–Crippen MR) is 74.1 cm³/mol.